The Bertz CT molecular complexity index is 527. The zero-order chi connectivity index (χ0) is 13.1. The molecule has 0 N–H and O–H groups in total. The van der Waals surface area contributed by atoms with E-state index in [0.717, 1.165) is 31.0 Å². The van der Waals surface area contributed by atoms with Gasteiger partial charge in [0.15, 0.2) is 0 Å². The standard InChI is InChI=1S/C13H17N5O/c1-17-5-2-11(16-17)9-18-6-7-19-13(10-18)12-8-14-3-4-15-12/h2-5,8,13H,6-7,9-10H2,1H3/t13-/m0/s1. The highest BCUT2D eigenvalue weighted by Crippen LogP contribution is 2.20. The molecule has 6 heteroatoms. The van der Waals surface area contributed by atoms with Crippen LogP contribution < -0.4 is 0 Å². The lowest BCUT2D eigenvalue weighted by atomic mass is 10.2. The van der Waals surface area contributed by atoms with E-state index in [1.54, 1.807) is 18.6 Å². The van der Waals surface area contributed by atoms with Crippen molar-refractivity contribution in [3.63, 3.8) is 0 Å². The van der Waals surface area contributed by atoms with Crippen molar-refractivity contribution in [3.8, 4) is 0 Å². The van der Waals surface area contributed by atoms with Gasteiger partial charge >= 0.3 is 0 Å². The Labute approximate surface area is 112 Å². The molecule has 1 fully saturated rings. The summed E-state index contributed by atoms with van der Waals surface area (Å²) in [5.74, 6) is 0. The average Bonchev–Trinajstić information content (AvgIpc) is 2.85. The van der Waals surface area contributed by atoms with Crippen molar-refractivity contribution in [1.29, 1.82) is 0 Å². The molecule has 1 aliphatic rings. The van der Waals surface area contributed by atoms with E-state index in [4.69, 9.17) is 4.74 Å². The summed E-state index contributed by atoms with van der Waals surface area (Å²) in [6, 6.07) is 2.05. The highest BCUT2D eigenvalue weighted by Gasteiger charge is 2.23. The molecule has 0 bridgehead atoms. The van der Waals surface area contributed by atoms with Crippen LogP contribution in [0.1, 0.15) is 17.5 Å². The molecule has 1 aliphatic heterocycles. The summed E-state index contributed by atoms with van der Waals surface area (Å²) in [6.07, 6.45) is 7.13. The van der Waals surface area contributed by atoms with Crippen molar-refractivity contribution in [2.45, 2.75) is 12.6 Å². The fourth-order valence-electron chi connectivity index (χ4n) is 2.28. The van der Waals surface area contributed by atoms with Gasteiger partial charge in [0, 0.05) is 45.3 Å². The molecule has 6 nitrogen and oxygen atoms in total. The number of ether oxygens (including phenoxy) is 1. The molecule has 0 unspecified atom stereocenters. The van der Waals surface area contributed by atoms with Crippen LogP contribution in [0.5, 0.6) is 0 Å². The molecule has 1 saturated heterocycles. The number of hydrogen-bond acceptors (Lipinski definition) is 5. The first-order valence-electron chi connectivity index (χ1n) is 6.39. The molecule has 0 saturated carbocycles. The Balaban J connectivity index is 1.65. The van der Waals surface area contributed by atoms with E-state index in [-0.39, 0.29) is 6.10 Å². The fraction of sp³-hybridized carbons (Fsp3) is 0.462. The highest BCUT2D eigenvalue weighted by molar-refractivity contribution is 5.03. The van der Waals surface area contributed by atoms with Crippen molar-refractivity contribution in [2.75, 3.05) is 19.7 Å². The lowest BCUT2D eigenvalue weighted by Gasteiger charge is -2.31. The van der Waals surface area contributed by atoms with Crippen LogP contribution in [0, 0.1) is 0 Å². The van der Waals surface area contributed by atoms with Crippen LogP contribution in [0.15, 0.2) is 30.9 Å². The third-order valence-electron chi connectivity index (χ3n) is 3.22. The Morgan fingerprint density at radius 1 is 1.42 bits per heavy atom. The maximum atomic E-state index is 5.77. The number of aromatic nitrogens is 4. The molecular formula is C13H17N5O. The second-order valence-corrected chi connectivity index (χ2v) is 4.71. The van der Waals surface area contributed by atoms with Gasteiger partial charge in [-0.3, -0.25) is 19.5 Å². The van der Waals surface area contributed by atoms with Gasteiger partial charge in [0.25, 0.3) is 0 Å². The summed E-state index contributed by atoms with van der Waals surface area (Å²) in [5.41, 5.74) is 1.98. The largest absolute Gasteiger partial charge is 0.369 e. The molecule has 0 radical (unpaired) electrons. The smallest absolute Gasteiger partial charge is 0.114 e. The first-order valence-corrected chi connectivity index (χ1v) is 6.39. The van der Waals surface area contributed by atoms with Gasteiger partial charge in [-0.15, -0.1) is 0 Å². The van der Waals surface area contributed by atoms with E-state index in [2.05, 4.69) is 20.0 Å². The molecule has 3 rings (SSSR count). The summed E-state index contributed by atoms with van der Waals surface area (Å²) in [5, 5.41) is 4.41. The fourth-order valence-corrected chi connectivity index (χ4v) is 2.28. The SMILES string of the molecule is Cn1ccc(CN2CCO[C@H](c3cnccn3)C2)n1. The Kier molecular flexibility index (Phi) is 3.52. The molecule has 2 aromatic rings. The zero-order valence-electron chi connectivity index (χ0n) is 10.9. The number of morpholine rings is 1. The lowest BCUT2D eigenvalue weighted by molar-refractivity contribution is -0.0355. The quantitative estimate of drug-likeness (QED) is 0.815. The van der Waals surface area contributed by atoms with E-state index in [1.807, 2.05) is 24.0 Å². The number of aryl methyl sites for hydroxylation is 1. The Morgan fingerprint density at radius 3 is 3.11 bits per heavy atom. The second-order valence-electron chi connectivity index (χ2n) is 4.71. The maximum absolute atomic E-state index is 5.77. The van der Waals surface area contributed by atoms with Crippen LogP contribution in [0.2, 0.25) is 0 Å². The maximum Gasteiger partial charge on any atom is 0.114 e. The van der Waals surface area contributed by atoms with Gasteiger partial charge in [-0.05, 0) is 6.07 Å². The van der Waals surface area contributed by atoms with Gasteiger partial charge in [0.1, 0.15) is 6.10 Å². The topological polar surface area (TPSA) is 56.1 Å². The number of nitrogens with zero attached hydrogens (tertiary/aromatic N) is 5. The molecule has 0 amide bonds. The van der Waals surface area contributed by atoms with Crippen molar-refractivity contribution in [2.24, 2.45) is 7.05 Å². The van der Waals surface area contributed by atoms with Crippen molar-refractivity contribution >= 4 is 0 Å². The molecule has 0 aliphatic carbocycles. The lowest BCUT2D eigenvalue weighted by Crippen LogP contribution is -2.38. The summed E-state index contributed by atoms with van der Waals surface area (Å²) < 4.78 is 7.60. The zero-order valence-corrected chi connectivity index (χ0v) is 10.9. The summed E-state index contributed by atoms with van der Waals surface area (Å²) in [6.45, 7) is 3.32. The van der Waals surface area contributed by atoms with E-state index in [9.17, 15) is 0 Å². The van der Waals surface area contributed by atoms with Crippen LogP contribution in [-0.4, -0.2) is 44.3 Å². The molecule has 19 heavy (non-hydrogen) atoms. The third-order valence-corrected chi connectivity index (χ3v) is 3.22. The molecule has 2 aromatic heterocycles. The Hall–Kier alpha value is -1.79. The van der Waals surface area contributed by atoms with E-state index in [1.165, 1.54) is 0 Å². The monoisotopic (exact) mass is 259 g/mol. The number of hydrogen-bond donors (Lipinski definition) is 0. The molecular weight excluding hydrogens is 242 g/mol. The molecule has 0 spiro atoms. The average molecular weight is 259 g/mol. The van der Waals surface area contributed by atoms with Crippen LogP contribution in [0.25, 0.3) is 0 Å². The first-order chi connectivity index (χ1) is 9.31. The van der Waals surface area contributed by atoms with Crippen LogP contribution in [0.4, 0.5) is 0 Å². The summed E-state index contributed by atoms with van der Waals surface area (Å²) in [4.78, 5) is 10.7. The van der Waals surface area contributed by atoms with Gasteiger partial charge in [0.2, 0.25) is 0 Å². The number of rotatable bonds is 3. The molecule has 3 heterocycles. The van der Waals surface area contributed by atoms with Gasteiger partial charge in [-0.1, -0.05) is 0 Å². The normalized spacial score (nSPS) is 20.6. The van der Waals surface area contributed by atoms with Crippen LogP contribution in [0.3, 0.4) is 0 Å². The molecule has 1 atom stereocenters. The third kappa shape index (κ3) is 2.97. The van der Waals surface area contributed by atoms with Gasteiger partial charge in [0.05, 0.1) is 24.2 Å². The van der Waals surface area contributed by atoms with E-state index in [0.29, 0.717) is 6.61 Å². The predicted octanol–water partition coefficient (Wildman–Crippen LogP) is 0.784. The van der Waals surface area contributed by atoms with E-state index >= 15 is 0 Å². The first kappa shape index (κ1) is 12.3. The Morgan fingerprint density at radius 2 is 2.37 bits per heavy atom. The second kappa shape index (κ2) is 5.46. The minimum absolute atomic E-state index is 0.00571. The summed E-state index contributed by atoms with van der Waals surface area (Å²) >= 11 is 0. The summed E-state index contributed by atoms with van der Waals surface area (Å²) in [7, 11) is 1.94. The minimum atomic E-state index is 0.00571. The van der Waals surface area contributed by atoms with Crippen molar-refractivity contribution < 1.29 is 4.74 Å². The minimum Gasteiger partial charge on any atom is -0.369 e. The van der Waals surface area contributed by atoms with Crippen LogP contribution >= 0.6 is 0 Å². The van der Waals surface area contributed by atoms with Crippen LogP contribution in [-0.2, 0) is 18.3 Å². The highest BCUT2D eigenvalue weighted by atomic mass is 16.5. The van der Waals surface area contributed by atoms with E-state index < -0.39 is 0 Å². The molecule has 100 valence electrons. The van der Waals surface area contributed by atoms with Gasteiger partial charge < -0.3 is 4.74 Å². The van der Waals surface area contributed by atoms with Crippen molar-refractivity contribution in [3.05, 3.63) is 42.2 Å². The van der Waals surface area contributed by atoms with Gasteiger partial charge in [-0.2, -0.15) is 5.10 Å². The van der Waals surface area contributed by atoms with Crippen molar-refractivity contribution in [1.82, 2.24) is 24.6 Å². The molecule has 0 aromatic carbocycles. The predicted molar refractivity (Wildman–Crippen MR) is 69.2 cm³/mol. The van der Waals surface area contributed by atoms with Gasteiger partial charge in [-0.25, -0.2) is 0 Å².